The highest BCUT2D eigenvalue weighted by Crippen LogP contribution is 2.28. The molecule has 1 N–H and O–H groups in total. The summed E-state index contributed by atoms with van der Waals surface area (Å²) in [6.45, 7) is 7.57. The number of carbonyl (C=O) groups is 1. The van der Waals surface area contributed by atoms with E-state index < -0.39 is 6.10 Å². The van der Waals surface area contributed by atoms with Crippen molar-refractivity contribution in [1.29, 1.82) is 0 Å². The van der Waals surface area contributed by atoms with E-state index in [1.54, 1.807) is 6.92 Å². The molecule has 25 heavy (non-hydrogen) atoms. The maximum absolute atomic E-state index is 12.4. The van der Waals surface area contributed by atoms with Gasteiger partial charge in [-0.1, -0.05) is 29.0 Å². The molecule has 0 bridgehead atoms. The number of anilines is 1. The summed E-state index contributed by atoms with van der Waals surface area (Å²) < 4.78 is 6.81. The van der Waals surface area contributed by atoms with Gasteiger partial charge in [0.25, 0.3) is 5.91 Å². The molecule has 3 rings (SSSR count). The minimum atomic E-state index is -0.645. The molecule has 0 saturated carbocycles. The minimum absolute atomic E-state index is 0.235. The van der Waals surface area contributed by atoms with Crippen molar-refractivity contribution in [1.82, 2.24) is 4.98 Å². The number of fused-ring (bicyclic) bond motifs is 1. The van der Waals surface area contributed by atoms with E-state index in [2.05, 4.69) is 16.4 Å². The Balaban J connectivity index is 1.71. The Kier molecular flexibility index (Phi) is 4.97. The minimum Gasteiger partial charge on any atom is -0.481 e. The third-order valence-electron chi connectivity index (χ3n) is 3.87. The maximum atomic E-state index is 12.4. The van der Waals surface area contributed by atoms with Gasteiger partial charge in [0.15, 0.2) is 11.2 Å². The van der Waals surface area contributed by atoms with Crippen molar-refractivity contribution in [3.05, 3.63) is 52.0 Å². The van der Waals surface area contributed by atoms with E-state index in [0.717, 1.165) is 21.3 Å². The average Bonchev–Trinajstić information content (AvgIpc) is 2.93. The monoisotopic (exact) mass is 374 g/mol. The fraction of sp³-hybridized carbons (Fsp3) is 0.263. The number of aryl methyl sites for hydroxylation is 3. The van der Waals surface area contributed by atoms with Crippen molar-refractivity contribution < 1.29 is 9.53 Å². The number of rotatable bonds is 4. The molecule has 0 aliphatic heterocycles. The molecule has 0 fully saturated rings. The number of thiazole rings is 1. The summed E-state index contributed by atoms with van der Waals surface area (Å²) in [6.07, 6.45) is -0.645. The van der Waals surface area contributed by atoms with E-state index in [1.165, 1.54) is 16.9 Å². The Morgan fingerprint density at radius 3 is 2.56 bits per heavy atom. The van der Waals surface area contributed by atoms with Crippen molar-refractivity contribution in [2.24, 2.45) is 0 Å². The lowest BCUT2D eigenvalue weighted by molar-refractivity contribution is -0.122. The molecule has 0 radical (unpaired) electrons. The summed E-state index contributed by atoms with van der Waals surface area (Å²) in [6, 6.07) is 9.68. The lowest BCUT2D eigenvalue weighted by Gasteiger charge is -2.15. The van der Waals surface area contributed by atoms with Crippen molar-refractivity contribution in [3.8, 4) is 5.75 Å². The van der Waals surface area contributed by atoms with E-state index in [4.69, 9.17) is 16.3 Å². The molecule has 0 saturated heterocycles. The van der Waals surface area contributed by atoms with Gasteiger partial charge in [-0.2, -0.15) is 0 Å². The van der Waals surface area contributed by atoms with Crippen LogP contribution in [0, 0.1) is 20.8 Å². The number of nitrogens with one attached hydrogen (secondary N) is 1. The first kappa shape index (κ1) is 17.7. The quantitative estimate of drug-likeness (QED) is 0.675. The molecule has 1 unspecified atom stereocenters. The van der Waals surface area contributed by atoms with Crippen LogP contribution in [0.2, 0.25) is 5.02 Å². The van der Waals surface area contributed by atoms with Gasteiger partial charge in [-0.15, -0.1) is 0 Å². The summed E-state index contributed by atoms with van der Waals surface area (Å²) >= 11 is 7.62. The molecule has 0 spiro atoms. The SMILES string of the molecule is Cc1ccc2nc(NC(=O)C(C)Oc3cc(C)c(Cl)c(C)c3)sc2c1. The highest BCUT2D eigenvalue weighted by molar-refractivity contribution is 7.22. The zero-order valence-corrected chi connectivity index (χ0v) is 16.1. The second-order valence-corrected chi connectivity index (χ2v) is 7.52. The van der Waals surface area contributed by atoms with E-state index in [1.807, 2.05) is 45.0 Å². The molecule has 0 aliphatic rings. The smallest absolute Gasteiger partial charge is 0.266 e. The van der Waals surface area contributed by atoms with E-state index >= 15 is 0 Å². The number of amides is 1. The van der Waals surface area contributed by atoms with Gasteiger partial charge in [-0.3, -0.25) is 10.1 Å². The van der Waals surface area contributed by atoms with Crippen LogP contribution in [-0.4, -0.2) is 17.0 Å². The van der Waals surface area contributed by atoms with Gasteiger partial charge >= 0.3 is 0 Å². The highest BCUT2D eigenvalue weighted by Gasteiger charge is 2.17. The highest BCUT2D eigenvalue weighted by atomic mass is 35.5. The summed E-state index contributed by atoms with van der Waals surface area (Å²) in [5.41, 5.74) is 3.89. The Labute approximate surface area is 155 Å². The molecular weight excluding hydrogens is 356 g/mol. The predicted octanol–water partition coefficient (Wildman–Crippen LogP) is 5.28. The summed E-state index contributed by atoms with van der Waals surface area (Å²) in [5.74, 6) is 0.392. The first-order valence-electron chi connectivity index (χ1n) is 7.95. The van der Waals surface area contributed by atoms with Gasteiger partial charge in [-0.25, -0.2) is 4.98 Å². The molecule has 0 aliphatic carbocycles. The van der Waals surface area contributed by atoms with Crippen molar-refractivity contribution in [3.63, 3.8) is 0 Å². The zero-order chi connectivity index (χ0) is 18.1. The van der Waals surface area contributed by atoms with Crippen molar-refractivity contribution >= 4 is 44.2 Å². The number of hydrogen-bond acceptors (Lipinski definition) is 4. The number of halogens is 1. The molecular formula is C19H19ClN2O2S. The third-order valence-corrected chi connectivity index (χ3v) is 5.40. The van der Waals surface area contributed by atoms with Gasteiger partial charge in [0.05, 0.1) is 10.2 Å². The molecule has 1 atom stereocenters. The summed E-state index contributed by atoms with van der Waals surface area (Å²) in [4.78, 5) is 16.8. The molecule has 1 amide bonds. The van der Waals surface area contributed by atoms with Crippen LogP contribution in [0.4, 0.5) is 5.13 Å². The second kappa shape index (κ2) is 7.02. The summed E-state index contributed by atoms with van der Waals surface area (Å²) in [7, 11) is 0. The van der Waals surface area contributed by atoms with Crippen LogP contribution in [0.5, 0.6) is 5.75 Å². The Morgan fingerprint density at radius 1 is 1.20 bits per heavy atom. The topological polar surface area (TPSA) is 51.2 Å². The Hall–Kier alpha value is -2.11. The number of hydrogen-bond donors (Lipinski definition) is 1. The summed E-state index contributed by atoms with van der Waals surface area (Å²) in [5, 5.41) is 4.12. The molecule has 130 valence electrons. The maximum Gasteiger partial charge on any atom is 0.266 e. The number of carbonyl (C=O) groups excluding carboxylic acids is 1. The first-order chi connectivity index (χ1) is 11.8. The van der Waals surface area contributed by atoms with Crippen LogP contribution in [0.1, 0.15) is 23.6 Å². The van der Waals surface area contributed by atoms with Crippen molar-refractivity contribution in [2.45, 2.75) is 33.8 Å². The van der Waals surface area contributed by atoms with E-state index in [9.17, 15) is 4.79 Å². The van der Waals surface area contributed by atoms with Crippen LogP contribution in [-0.2, 0) is 4.79 Å². The molecule has 4 nitrogen and oxygen atoms in total. The van der Waals surface area contributed by atoms with Crippen LogP contribution in [0.25, 0.3) is 10.2 Å². The van der Waals surface area contributed by atoms with Crippen LogP contribution in [0.15, 0.2) is 30.3 Å². The van der Waals surface area contributed by atoms with Crippen LogP contribution < -0.4 is 10.1 Å². The van der Waals surface area contributed by atoms with Crippen molar-refractivity contribution in [2.75, 3.05) is 5.32 Å². The van der Waals surface area contributed by atoms with Gasteiger partial charge in [0.2, 0.25) is 0 Å². The molecule has 6 heteroatoms. The number of nitrogens with zero attached hydrogens (tertiary/aromatic N) is 1. The molecule has 2 aromatic carbocycles. The lowest BCUT2D eigenvalue weighted by Crippen LogP contribution is -2.30. The third kappa shape index (κ3) is 3.94. The Bertz CT molecular complexity index is 929. The lowest BCUT2D eigenvalue weighted by atomic mass is 10.1. The molecule has 1 aromatic heterocycles. The van der Waals surface area contributed by atoms with Gasteiger partial charge in [-0.05, 0) is 68.7 Å². The first-order valence-corrected chi connectivity index (χ1v) is 9.14. The normalized spacial score (nSPS) is 12.2. The van der Waals surface area contributed by atoms with Gasteiger partial charge in [0.1, 0.15) is 5.75 Å². The average molecular weight is 375 g/mol. The molecule has 3 aromatic rings. The molecule has 1 heterocycles. The van der Waals surface area contributed by atoms with Gasteiger partial charge in [0, 0.05) is 5.02 Å². The standard InChI is InChI=1S/C19H19ClN2O2S/c1-10-5-6-15-16(7-10)25-19(21-15)22-18(23)13(4)24-14-8-11(2)17(20)12(3)9-14/h5-9,13H,1-4H3,(H,21,22,23). The number of ether oxygens (including phenoxy) is 1. The van der Waals surface area contributed by atoms with E-state index in [0.29, 0.717) is 15.9 Å². The second-order valence-electron chi connectivity index (χ2n) is 6.11. The zero-order valence-electron chi connectivity index (χ0n) is 14.5. The van der Waals surface area contributed by atoms with E-state index in [-0.39, 0.29) is 5.91 Å². The largest absolute Gasteiger partial charge is 0.481 e. The fourth-order valence-corrected chi connectivity index (χ4v) is 3.60. The number of aromatic nitrogens is 1. The Morgan fingerprint density at radius 2 is 1.88 bits per heavy atom. The van der Waals surface area contributed by atoms with Crippen LogP contribution >= 0.6 is 22.9 Å². The number of benzene rings is 2. The van der Waals surface area contributed by atoms with Crippen LogP contribution in [0.3, 0.4) is 0 Å². The predicted molar refractivity (Wildman–Crippen MR) is 104 cm³/mol. The van der Waals surface area contributed by atoms with Gasteiger partial charge < -0.3 is 4.74 Å². The fourth-order valence-electron chi connectivity index (χ4n) is 2.52.